The molecule has 0 aliphatic rings. The molecule has 1 aromatic heterocycles. The third-order valence-corrected chi connectivity index (χ3v) is 4.57. The summed E-state index contributed by atoms with van der Waals surface area (Å²) >= 11 is 2.92. The molecule has 0 spiro atoms. The van der Waals surface area contributed by atoms with Crippen LogP contribution in [0.5, 0.6) is 5.75 Å². The van der Waals surface area contributed by atoms with E-state index in [1.165, 1.54) is 30.2 Å². The van der Waals surface area contributed by atoms with Gasteiger partial charge in [0, 0.05) is 5.75 Å². The quantitative estimate of drug-likeness (QED) is 0.584. The summed E-state index contributed by atoms with van der Waals surface area (Å²) in [5.41, 5.74) is 0.853. The number of carbonyl (C=O) groups is 1. The Morgan fingerprint density at radius 3 is 2.95 bits per heavy atom. The van der Waals surface area contributed by atoms with Crippen LogP contribution in [0.1, 0.15) is 13.3 Å². The minimum Gasteiger partial charge on any atom is -0.492 e. The summed E-state index contributed by atoms with van der Waals surface area (Å²) in [5.74, 6) is 1.18. The van der Waals surface area contributed by atoms with Gasteiger partial charge in [0.05, 0.1) is 25.8 Å². The van der Waals surface area contributed by atoms with Gasteiger partial charge in [-0.1, -0.05) is 35.2 Å². The summed E-state index contributed by atoms with van der Waals surface area (Å²) in [7, 11) is 1.38. The maximum absolute atomic E-state index is 11.1. The Morgan fingerprint density at radius 2 is 2.18 bits per heavy atom. The first-order valence-corrected chi connectivity index (χ1v) is 8.55. The zero-order chi connectivity index (χ0) is 15.8. The molecule has 2 rings (SSSR count). The van der Waals surface area contributed by atoms with Crippen LogP contribution in [0.4, 0.5) is 10.8 Å². The number of hydrogen-bond donors (Lipinski definition) is 1. The first kappa shape index (κ1) is 16.6. The van der Waals surface area contributed by atoms with Crippen molar-refractivity contribution in [3.05, 3.63) is 24.3 Å². The van der Waals surface area contributed by atoms with E-state index in [9.17, 15) is 4.79 Å². The van der Waals surface area contributed by atoms with Crippen LogP contribution in [0.25, 0.3) is 0 Å². The van der Waals surface area contributed by atoms with Gasteiger partial charge in [-0.05, 0) is 19.1 Å². The monoisotopic (exact) mass is 339 g/mol. The second-order valence-corrected chi connectivity index (χ2v) is 6.42. The normalized spacial score (nSPS) is 10.3. The fraction of sp³-hybridized carbons (Fsp3) is 0.357. The number of aromatic nitrogens is 2. The number of ether oxygens (including phenoxy) is 2. The second-order valence-electron chi connectivity index (χ2n) is 4.10. The number of esters is 1. The number of benzene rings is 1. The molecule has 0 saturated heterocycles. The molecule has 1 aromatic carbocycles. The van der Waals surface area contributed by atoms with E-state index in [0.717, 1.165) is 15.8 Å². The second kappa shape index (κ2) is 8.60. The molecule has 0 fully saturated rings. The molecule has 1 N–H and O–H groups in total. The number of anilines is 2. The highest BCUT2D eigenvalue weighted by Gasteiger charge is 2.09. The van der Waals surface area contributed by atoms with Crippen LogP contribution in [0, 0.1) is 0 Å². The van der Waals surface area contributed by atoms with E-state index in [1.54, 1.807) is 0 Å². The summed E-state index contributed by atoms with van der Waals surface area (Å²) in [4.78, 5) is 11.1. The molecule has 0 unspecified atom stereocenters. The van der Waals surface area contributed by atoms with E-state index >= 15 is 0 Å². The van der Waals surface area contributed by atoms with Crippen LogP contribution in [-0.2, 0) is 9.53 Å². The predicted molar refractivity (Wildman–Crippen MR) is 88.2 cm³/mol. The third-order valence-electron chi connectivity index (χ3n) is 2.59. The minimum atomic E-state index is -0.221. The van der Waals surface area contributed by atoms with Gasteiger partial charge in [0.1, 0.15) is 5.75 Å². The van der Waals surface area contributed by atoms with Gasteiger partial charge >= 0.3 is 5.97 Å². The molecule has 0 saturated carbocycles. The van der Waals surface area contributed by atoms with Gasteiger partial charge < -0.3 is 14.8 Å². The van der Waals surface area contributed by atoms with Crippen molar-refractivity contribution >= 4 is 39.9 Å². The highest BCUT2D eigenvalue weighted by Crippen LogP contribution is 2.31. The van der Waals surface area contributed by atoms with Gasteiger partial charge in [0.15, 0.2) is 4.34 Å². The van der Waals surface area contributed by atoms with Gasteiger partial charge in [0.2, 0.25) is 5.13 Å². The smallest absolute Gasteiger partial charge is 0.306 e. The van der Waals surface area contributed by atoms with Crippen molar-refractivity contribution < 1.29 is 14.3 Å². The number of nitrogens with zero attached hydrogens (tertiary/aromatic N) is 2. The summed E-state index contributed by atoms with van der Waals surface area (Å²) in [6.45, 7) is 2.54. The van der Waals surface area contributed by atoms with Gasteiger partial charge in [-0.15, -0.1) is 10.2 Å². The van der Waals surface area contributed by atoms with Gasteiger partial charge in [-0.25, -0.2) is 0 Å². The lowest BCUT2D eigenvalue weighted by molar-refractivity contribution is -0.140. The highest BCUT2D eigenvalue weighted by atomic mass is 32.2. The summed E-state index contributed by atoms with van der Waals surface area (Å²) < 4.78 is 11.0. The Kier molecular flexibility index (Phi) is 6.47. The van der Waals surface area contributed by atoms with Crippen molar-refractivity contribution in [2.24, 2.45) is 0 Å². The highest BCUT2D eigenvalue weighted by molar-refractivity contribution is 8.01. The number of carbonyl (C=O) groups excluding carboxylic acids is 1. The lowest BCUT2D eigenvalue weighted by Gasteiger charge is -2.09. The Labute approximate surface area is 137 Å². The number of para-hydroxylation sites is 2. The topological polar surface area (TPSA) is 73.3 Å². The third kappa shape index (κ3) is 4.88. The number of thioether (sulfide) groups is 1. The van der Waals surface area contributed by atoms with Crippen molar-refractivity contribution in [2.75, 3.05) is 24.8 Å². The average Bonchev–Trinajstić information content (AvgIpc) is 2.97. The van der Waals surface area contributed by atoms with Crippen molar-refractivity contribution in [1.29, 1.82) is 0 Å². The van der Waals surface area contributed by atoms with E-state index in [-0.39, 0.29) is 5.97 Å². The molecule has 0 aliphatic carbocycles. The molecule has 1 heterocycles. The molecule has 0 bridgehead atoms. The van der Waals surface area contributed by atoms with Gasteiger partial charge in [0.25, 0.3) is 0 Å². The lowest BCUT2D eigenvalue weighted by atomic mass is 10.3. The first-order valence-electron chi connectivity index (χ1n) is 6.75. The molecule has 0 aliphatic heterocycles. The van der Waals surface area contributed by atoms with Crippen LogP contribution < -0.4 is 10.1 Å². The Balaban J connectivity index is 1.93. The van der Waals surface area contributed by atoms with Crippen molar-refractivity contribution in [3.8, 4) is 5.75 Å². The maximum atomic E-state index is 11.1. The van der Waals surface area contributed by atoms with Crippen LogP contribution in [0.3, 0.4) is 0 Å². The van der Waals surface area contributed by atoms with Crippen molar-refractivity contribution in [2.45, 2.75) is 17.7 Å². The molecule has 2 aromatic rings. The molecule has 118 valence electrons. The SMILES string of the molecule is CCOc1ccccc1Nc1nnc(SCCC(=O)OC)s1. The van der Waals surface area contributed by atoms with E-state index in [1.807, 2.05) is 31.2 Å². The Morgan fingerprint density at radius 1 is 1.36 bits per heavy atom. The van der Waals surface area contributed by atoms with E-state index in [0.29, 0.717) is 23.9 Å². The number of hydrogen-bond acceptors (Lipinski definition) is 8. The zero-order valence-corrected chi connectivity index (χ0v) is 14.0. The summed E-state index contributed by atoms with van der Waals surface area (Å²) in [5, 5.41) is 12.1. The molecule has 6 nitrogen and oxygen atoms in total. The van der Waals surface area contributed by atoms with Crippen LogP contribution in [-0.4, -0.2) is 35.6 Å². The molecule has 0 atom stereocenters. The molecule has 8 heteroatoms. The maximum Gasteiger partial charge on any atom is 0.306 e. The molecular formula is C14H17N3O3S2. The van der Waals surface area contributed by atoms with Crippen LogP contribution in [0.15, 0.2) is 28.6 Å². The van der Waals surface area contributed by atoms with Crippen molar-refractivity contribution in [1.82, 2.24) is 10.2 Å². The average molecular weight is 339 g/mol. The van der Waals surface area contributed by atoms with Crippen LogP contribution >= 0.6 is 23.1 Å². The van der Waals surface area contributed by atoms with Crippen LogP contribution in [0.2, 0.25) is 0 Å². The van der Waals surface area contributed by atoms with E-state index in [4.69, 9.17) is 4.74 Å². The number of rotatable bonds is 8. The standard InChI is InChI=1S/C14H17N3O3S2/c1-3-20-11-7-5-4-6-10(11)15-13-16-17-14(22-13)21-9-8-12(18)19-2/h4-7H,3,8-9H2,1-2H3,(H,15,16). The largest absolute Gasteiger partial charge is 0.492 e. The Bertz CT molecular complexity index is 619. The van der Waals surface area contributed by atoms with E-state index in [2.05, 4.69) is 20.3 Å². The van der Waals surface area contributed by atoms with E-state index < -0.39 is 0 Å². The fourth-order valence-electron chi connectivity index (χ4n) is 1.61. The molecule has 0 radical (unpaired) electrons. The summed E-state index contributed by atoms with van der Waals surface area (Å²) in [6, 6.07) is 7.68. The lowest BCUT2D eigenvalue weighted by Crippen LogP contribution is -2.00. The number of methoxy groups -OCH3 is 1. The zero-order valence-electron chi connectivity index (χ0n) is 12.4. The fourth-order valence-corrected chi connectivity index (χ4v) is 3.36. The first-order chi connectivity index (χ1) is 10.7. The van der Waals surface area contributed by atoms with Gasteiger partial charge in [-0.3, -0.25) is 4.79 Å². The van der Waals surface area contributed by atoms with Gasteiger partial charge in [-0.2, -0.15) is 0 Å². The minimum absolute atomic E-state index is 0.221. The molecule has 0 amide bonds. The van der Waals surface area contributed by atoms with Crippen molar-refractivity contribution in [3.63, 3.8) is 0 Å². The summed E-state index contributed by atoms with van der Waals surface area (Å²) in [6.07, 6.45) is 0.358. The number of nitrogens with one attached hydrogen (secondary N) is 1. The molecule has 22 heavy (non-hydrogen) atoms. The predicted octanol–water partition coefficient (Wildman–Crippen LogP) is 3.34. The molecular weight excluding hydrogens is 322 g/mol. The Hall–Kier alpha value is -1.80.